The first-order chi connectivity index (χ1) is 12.0. The molecule has 0 aliphatic carbocycles. The highest BCUT2D eigenvalue weighted by Gasteiger charge is 2.21. The molecule has 1 heterocycles. The summed E-state index contributed by atoms with van der Waals surface area (Å²) in [7, 11) is 1.75. The van der Waals surface area contributed by atoms with Gasteiger partial charge in [0.05, 0.1) is 24.4 Å². The van der Waals surface area contributed by atoms with Gasteiger partial charge < -0.3 is 15.0 Å². The van der Waals surface area contributed by atoms with Crippen molar-refractivity contribution in [1.82, 2.24) is 10.3 Å². The average Bonchev–Trinajstić information content (AvgIpc) is 2.58. The van der Waals surface area contributed by atoms with Crippen LogP contribution >= 0.6 is 11.6 Å². The Morgan fingerprint density at radius 1 is 1.32 bits per heavy atom. The lowest BCUT2D eigenvalue weighted by atomic mass is 10.1. The number of halogens is 1. The number of carbonyl (C=O) groups is 2. The molecule has 0 aliphatic heterocycles. The number of aromatic nitrogens is 1. The maximum absolute atomic E-state index is 12.3. The molecular weight excluding hydrogens is 342 g/mol. The molecule has 0 saturated carbocycles. The predicted octanol–water partition coefficient (Wildman–Crippen LogP) is 3.03. The summed E-state index contributed by atoms with van der Waals surface area (Å²) < 4.78 is 5.13. The summed E-state index contributed by atoms with van der Waals surface area (Å²) in [6, 6.07) is 5.25. The largest absolute Gasteiger partial charge is 0.462 e. The van der Waals surface area contributed by atoms with Gasteiger partial charge in [-0.15, -0.1) is 0 Å². The topological polar surface area (TPSA) is 71.5 Å². The van der Waals surface area contributed by atoms with Gasteiger partial charge in [-0.2, -0.15) is 0 Å². The van der Waals surface area contributed by atoms with E-state index < -0.39 is 5.97 Å². The molecule has 1 aromatic heterocycles. The zero-order chi connectivity index (χ0) is 18.4. The van der Waals surface area contributed by atoms with E-state index in [0.717, 1.165) is 6.42 Å². The monoisotopic (exact) mass is 363 g/mol. The highest BCUT2D eigenvalue weighted by Crippen LogP contribution is 2.31. The van der Waals surface area contributed by atoms with E-state index in [9.17, 15) is 9.59 Å². The second kappa shape index (κ2) is 8.67. The fourth-order valence-corrected chi connectivity index (χ4v) is 2.71. The van der Waals surface area contributed by atoms with Crippen LogP contribution in [-0.2, 0) is 9.53 Å². The van der Waals surface area contributed by atoms with Crippen molar-refractivity contribution >= 4 is 40.1 Å². The van der Waals surface area contributed by atoms with Crippen LogP contribution in [0.4, 0.5) is 5.69 Å². The molecule has 0 radical (unpaired) electrons. The van der Waals surface area contributed by atoms with E-state index in [1.54, 1.807) is 37.1 Å². The second-order valence-corrected chi connectivity index (χ2v) is 6.04. The first-order valence-corrected chi connectivity index (χ1v) is 8.58. The normalized spacial score (nSPS) is 10.6. The number of nitrogens with zero attached hydrogens (tertiary/aromatic N) is 2. The van der Waals surface area contributed by atoms with Crippen LogP contribution in [0.2, 0.25) is 5.02 Å². The van der Waals surface area contributed by atoms with E-state index in [0.29, 0.717) is 33.7 Å². The quantitative estimate of drug-likeness (QED) is 0.765. The molecule has 25 heavy (non-hydrogen) atoms. The number of anilines is 1. The number of likely N-dealkylation sites (N-methyl/N-ethyl adjacent to an activating group) is 1. The van der Waals surface area contributed by atoms with E-state index in [1.165, 1.54) is 6.20 Å². The molecule has 0 unspecified atom stereocenters. The zero-order valence-corrected chi connectivity index (χ0v) is 15.4. The molecule has 0 spiro atoms. The highest BCUT2D eigenvalue weighted by molar-refractivity contribution is 6.31. The molecule has 7 heteroatoms. The molecule has 2 rings (SSSR count). The standard InChI is InChI=1S/C18H22ClN3O3/c1-4-8-20-16(23)11-22(3)17-13-9-12(19)6-7-15(13)21-10-14(17)18(24)25-5-2/h6-7,9-10H,4-5,8,11H2,1-3H3,(H,20,23). The van der Waals surface area contributed by atoms with Crippen molar-refractivity contribution < 1.29 is 14.3 Å². The van der Waals surface area contributed by atoms with Crippen LogP contribution in [-0.4, -0.2) is 43.6 Å². The van der Waals surface area contributed by atoms with Gasteiger partial charge in [0, 0.05) is 30.2 Å². The van der Waals surface area contributed by atoms with Crippen molar-refractivity contribution in [3.63, 3.8) is 0 Å². The van der Waals surface area contributed by atoms with Gasteiger partial charge in [-0.3, -0.25) is 9.78 Å². The molecule has 134 valence electrons. The molecule has 0 fully saturated rings. The molecule has 0 saturated heterocycles. The molecule has 1 aromatic carbocycles. The Balaban J connectivity index is 2.48. The summed E-state index contributed by atoms with van der Waals surface area (Å²) in [6.07, 6.45) is 2.33. The van der Waals surface area contributed by atoms with Gasteiger partial charge in [0.15, 0.2) is 0 Å². The number of benzene rings is 1. The number of carbonyl (C=O) groups excluding carboxylic acids is 2. The van der Waals surface area contributed by atoms with Crippen LogP contribution in [0, 0.1) is 0 Å². The molecule has 0 aliphatic rings. The third-order valence-corrected chi connectivity index (χ3v) is 3.87. The molecule has 1 amide bonds. The van der Waals surface area contributed by atoms with Crippen LogP contribution in [0.5, 0.6) is 0 Å². The Kier molecular flexibility index (Phi) is 6.58. The van der Waals surface area contributed by atoms with Gasteiger partial charge in [0.2, 0.25) is 5.91 Å². The van der Waals surface area contributed by atoms with Gasteiger partial charge >= 0.3 is 5.97 Å². The van der Waals surface area contributed by atoms with Crippen LogP contribution in [0.3, 0.4) is 0 Å². The minimum Gasteiger partial charge on any atom is -0.462 e. The number of rotatable bonds is 7. The SMILES string of the molecule is CCCNC(=O)CN(C)c1c(C(=O)OCC)cnc2ccc(Cl)cc12. The Labute approximate surface area is 152 Å². The third kappa shape index (κ3) is 4.60. The lowest BCUT2D eigenvalue weighted by molar-refractivity contribution is -0.119. The fraction of sp³-hybridized carbons (Fsp3) is 0.389. The maximum atomic E-state index is 12.3. The molecule has 0 bridgehead atoms. The van der Waals surface area contributed by atoms with Crippen molar-refractivity contribution in [3.8, 4) is 0 Å². The van der Waals surface area contributed by atoms with Gasteiger partial charge in [-0.1, -0.05) is 18.5 Å². The zero-order valence-electron chi connectivity index (χ0n) is 14.6. The Morgan fingerprint density at radius 2 is 2.08 bits per heavy atom. The van der Waals surface area contributed by atoms with E-state index in [4.69, 9.17) is 16.3 Å². The maximum Gasteiger partial charge on any atom is 0.341 e. The smallest absolute Gasteiger partial charge is 0.341 e. The molecule has 1 N–H and O–H groups in total. The number of amides is 1. The number of hydrogen-bond acceptors (Lipinski definition) is 5. The Bertz CT molecular complexity index is 779. The minimum atomic E-state index is -0.479. The van der Waals surface area contributed by atoms with E-state index >= 15 is 0 Å². The lowest BCUT2D eigenvalue weighted by Crippen LogP contribution is -2.36. The van der Waals surface area contributed by atoms with Crippen molar-refractivity contribution in [2.75, 3.05) is 31.6 Å². The second-order valence-electron chi connectivity index (χ2n) is 5.61. The van der Waals surface area contributed by atoms with Crippen molar-refractivity contribution in [2.24, 2.45) is 0 Å². The van der Waals surface area contributed by atoms with Crippen LogP contribution in [0.15, 0.2) is 24.4 Å². The summed E-state index contributed by atoms with van der Waals surface area (Å²) in [5.74, 6) is -0.598. The summed E-state index contributed by atoms with van der Waals surface area (Å²) in [4.78, 5) is 30.4. The summed E-state index contributed by atoms with van der Waals surface area (Å²) in [6.45, 7) is 4.71. The number of ether oxygens (including phenoxy) is 1. The van der Waals surface area contributed by atoms with E-state index in [2.05, 4.69) is 10.3 Å². The van der Waals surface area contributed by atoms with Crippen LogP contribution < -0.4 is 10.2 Å². The first-order valence-electron chi connectivity index (χ1n) is 8.21. The summed E-state index contributed by atoms with van der Waals surface area (Å²) >= 11 is 6.12. The van der Waals surface area contributed by atoms with Crippen LogP contribution in [0.25, 0.3) is 10.9 Å². The Morgan fingerprint density at radius 3 is 2.76 bits per heavy atom. The number of nitrogens with one attached hydrogen (secondary N) is 1. The summed E-state index contributed by atoms with van der Waals surface area (Å²) in [5, 5.41) is 4.05. The minimum absolute atomic E-state index is 0.109. The number of hydrogen-bond donors (Lipinski definition) is 1. The molecular formula is C18H22ClN3O3. The van der Waals surface area contributed by atoms with Crippen molar-refractivity contribution in [2.45, 2.75) is 20.3 Å². The molecule has 6 nitrogen and oxygen atoms in total. The van der Waals surface area contributed by atoms with E-state index in [1.807, 2.05) is 6.92 Å². The van der Waals surface area contributed by atoms with Crippen LogP contribution in [0.1, 0.15) is 30.6 Å². The molecule has 0 atom stereocenters. The highest BCUT2D eigenvalue weighted by atomic mass is 35.5. The molecule has 2 aromatic rings. The van der Waals surface area contributed by atoms with Crippen molar-refractivity contribution in [1.29, 1.82) is 0 Å². The number of esters is 1. The summed E-state index contributed by atoms with van der Waals surface area (Å²) in [5.41, 5.74) is 1.58. The van der Waals surface area contributed by atoms with Gasteiger partial charge in [-0.05, 0) is 31.5 Å². The van der Waals surface area contributed by atoms with Gasteiger partial charge in [0.25, 0.3) is 0 Å². The van der Waals surface area contributed by atoms with Gasteiger partial charge in [-0.25, -0.2) is 4.79 Å². The number of pyridine rings is 1. The lowest BCUT2D eigenvalue weighted by Gasteiger charge is -2.23. The van der Waals surface area contributed by atoms with Crippen molar-refractivity contribution in [3.05, 3.63) is 35.0 Å². The third-order valence-electron chi connectivity index (χ3n) is 3.63. The van der Waals surface area contributed by atoms with E-state index in [-0.39, 0.29) is 19.1 Å². The average molecular weight is 364 g/mol. The number of fused-ring (bicyclic) bond motifs is 1. The Hall–Kier alpha value is -2.34. The van der Waals surface area contributed by atoms with Gasteiger partial charge in [0.1, 0.15) is 5.56 Å². The predicted molar refractivity (Wildman–Crippen MR) is 99.3 cm³/mol. The first kappa shape index (κ1) is 19.0. The fourth-order valence-electron chi connectivity index (χ4n) is 2.54.